The van der Waals surface area contributed by atoms with E-state index in [2.05, 4.69) is 5.32 Å². The molecule has 0 unspecified atom stereocenters. The van der Waals surface area contributed by atoms with Gasteiger partial charge in [-0.25, -0.2) is 9.18 Å². The molecular formula is C28H26FNO7. The number of carbonyl (C=O) groups excluding carboxylic acids is 1. The monoisotopic (exact) mass is 507 g/mol. The van der Waals surface area contributed by atoms with Gasteiger partial charge in [-0.3, -0.25) is 4.79 Å². The number of fused-ring (bicyclic) bond motifs is 1. The molecule has 2 aromatic carbocycles. The molecule has 0 atom stereocenters. The van der Waals surface area contributed by atoms with Gasteiger partial charge in [-0.05, 0) is 82.8 Å². The Bertz CT molecular complexity index is 1360. The Labute approximate surface area is 213 Å². The average Bonchev–Trinajstić information content (AvgIpc) is 3.48. The van der Waals surface area contributed by atoms with Crippen LogP contribution < -0.4 is 19.5 Å². The predicted molar refractivity (Wildman–Crippen MR) is 135 cm³/mol. The van der Waals surface area contributed by atoms with Gasteiger partial charge in [0.1, 0.15) is 11.6 Å². The summed E-state index contributed by atoms with van der Waals surface area (Å²) in [6, 6.07) is 11.4. The highest BCUT2D eigenvalue weighted by molar-refractivity contribution is 6.08. The van der Waals surface area contributed by atoms with Gasteiger partial charge in [0.15, 0.2) is 18.1 Å². The number of methoxy groups -OCH3 is 2. The van der Waals surface area contributed by atoms with Crippen LogP contribution in [0.2, 0.25) is 0 Å². The van der Waals surface area contributed by atoms with Crippen molar-refractivity contribution in [2.45, 2.75) is 19.9 Å². The maximum atomic E-state index is 14.2. The Hall–Kier alpha value is -4.53. The molecule has 0 aliphatic heterocycles. The number of furan rings is 1. The van der Waals surface area contributed by atoms with Crippen LogP contribution >= 0.6 is 0 Å². The molecule has 0 fully saturated rings. The Morgan fingerprint density at radius 1 is 1.08 bits per heavy atom. The maximum Gasteiger partial charge on any atom is 0.341 e. The van der Waals surface area contributed by atoms with Crippen LogP contribution in [0.3, 0.4) is 0 Å². The number of carboxylic acids is 1. The Morgan fingerprint density at radius 2 is 1.81 bits per heavy atom. The average molecular weight is 508 g/mol. The minimum atomic E-state index is -1.13. The lowest BCUT2D eigenvalue weighted by atomic mass is 10.00. The summed E-state index contributed by atoms with van der Waals surface area (Å²) in [5.41, 5.74) is 4.49. The summed E-state index contributed by atoms with van der Waals surface area (Å²) >= 11 is 0. The van der Waals surface area contributed by atoms with E-state index in [1.165, 1.54) is 32.6 Å². The molecule has 9 heteroatoms. The van der Waals surface area contributed by atoms with E-state index in [1.54, 1.807) is 30.3 Å². The van der Waals surface area contributed by atoms with Gasteiger partial charge < -0.3 is 29.1 Å². The van der Waals surface area contributed by atoms with E-state index in [0.29, 0.717) is 28.4 Å². The number of carboxylic acid groups (broad SMARTS) is 1. The van der Waals surface area contributed by atoms with Crippen LogP contribution in [-0.4, -0.2) is 37.8 Å². The molecule has 8 nitrogen and oxygen atoms in total. The number of nitrogens with one attached hydrogen (secondary N) is 1. The van der Waals surface area contributed by atoms with Crippen LogP contribution in [-0.2, 0) is 16.1 Å². The molecule has 1 amide bonds. The van der Waals surface area contributed by atoms with Crippen molar-refractivity contribution in [3.8, 4) is 17.2 Å². The zero-order valence-electron chi connectivity index (χ0n) is 20.6. The van der Waals surface area contributed by atoms with Crippen LogP contribution in [0.5, 0.6) is 17.2 Å². The second kappa shape index (κ2) is 11.0. The molecule has 1 heterocycles. The predicted octanol–water partition coefficient (Wildman–Crippen LogP) is 4.93. The highest BCUT2D eigenvalue weighted by atomic mass is 19.1. The second-order valence-corrected chi connectivity index (χ2v) is 8.32. The molecular weight excluding hydrogens is 481 g/mol. The van der Waals surface area contributed by atoms with E-state index in [4.69, 9.17) is 23.7 Å². The number of carbonyl (C=O) groups is 2. The number of benzene rings is 2. The number of hydrogen-bond acceptors (Lipinski definition) is 6. The standard InChI is InChI=1S/C28H26FNO7/c1-16-21(9-17-10-24(34-2)28(25(11-17)35-3)37-15-27(32)33)20-7-6-18(29)12-23(20)22(16)13-26(31)30-14-19-5-4-8-36-19/h4-12H,13-15H2,1-3H3,(H,30,31)(H,32,33)/b21-9-. The fraction of sp³-hybridized carbons (Fsp3) is 0.214. The van der Waals surface area contributed by atoms with E-state index in [0.717, 1.165) is 22.3 Å². The largest absolute Gasteiger partial charge is 0.493 e. The number of ether oxygens (including phenoxy) is 3. The van der Waals surface area contributed by atoms with Crippen molar-refractivity contribution < 1.29 is 37.7 Å². The topological polar surface area (TPSA) is 107 Å². The molecule has 1 aromatic heterocycles. The lowest BCUT2D eigenvalue weighted by Crippen LogP contribution is -2.22. The first-order chi connectivity index (χ1) is 17.8. The maximum absolute atomic E-state index is 14.2. The van der Waals surface area contributed by atoms with Gasteiger partial charge in [0.25, 0.3) is 0 Å². The minimum absolute atomic E-state index is 0.0644. The Kier molecular flexibility index (Phi) is 7.62. The molecule has 0 radical (unpaired) electrons. The summed E-state index contributed by atoms with van der Waals surface area (Å²) in [4.78, 5) is 23.7. The van der Waals surface area contributed by atoms with Crippen LogP contribution in [0, 0.1) is 5.82 Å². The molecule has 2 N–H and O–H groups in total. The third kappa shape index (κ3) is 5.66. The number of halogens is 1. The molecule has 3 aromatic rings. The van der Waals surface area contributed by atoms with Crippen LogP contribution in [0.25, 0.3) is 17.2 Å². The summed E-state index contributed by atoms with van der Waals surface area (Å²) in [7, 11) is 2.88. The summed E-state index contributed by atoms with van der Waals surface area (Å²) < 4.78 is 35.7. The van der Waals surface area contributed by atoms with Crippen molar-refractivity contribution in [1.29, 1.82) is 0 Å². The van der Waals surface area contributed by atoms with Crippen molar-refractivity contribution in [2.75, 3.05) is 20.8 Å². The van der Waals surface area contributed by atoms with Gasteiger partial charge in [0, 0.05) is 0 Å². The van der Waals surface area contributed by atoms with Crippen LogP contribution in [0.1, 0.15) is 35.8 Å². The lowest BCUT2D eigenvalue weighted by molar-refractivity contribution is -0.139. The summed E-state index contributed by atoms with van der Waals surface area (Å²) in [6.07, 6.45) is 3.48. The number of amides is 1. The SMILES string of the molecule is COc1cc(/C=C2/C(C)=C(CC(=O)NCc3ccco3)c3cc(F)ccc32)cc(OC)c1OCC(=O)O. The highest BCUT2D eigenvalue weighted by Gasteiger charge is 2.26. The van der Waals surface area contributed by atoms with Crippen molar-refractivity contribution in [3.63, 3.8) is 0 Å². The molecule has 0 saturated carbocycles. The smallest absolute Gasteiger partial charge is 0.341 e. The molecule has 0 saturated heterocycles. The zero-order chi connectivity index (χ0) is 26.5. The second-order valence-electron chi connectivity index (χ2n) is 8.32. The van der Waals surface area contributed by atoms with Crippen molar-refractivity contribution in [2.24, 2.45) is 0 Å². The third-order valence-electron chi connectivity index (χ3n) is 5.96. The normalized spacial score (nSPS) is 13.5. The minimum Gasteiger partial charge on any atom is -0.493 e. The first kappa shape index (κ1) is 25.6. The summed E-state index contributed by atoms with van der Waals surface area (Å²) in [5.74, 6) is -0.352. The zero-order valence-corrected chi connectivity index (χ0v) is 20.6. The fourth-order valence-electron chi connectivity index (χ4n) is 4.23. The van der Waals surface area contributed by atoms with E-state index >= 15 is 0 Å². The van der Waals surface area contributed by atoms with Gasteiger partial charge in [-0.1, -0.05) is 6.07 Å². The van der Waals surface area contributed by atoms with Gasteiger partial charge in [-0.15, -0.1) is 0 Å². The lowest BCUT2D eigenvalue weighted by Gasteiger charge is -2.15. The molecule has 0 bridgehead atoms. The first-order valence-corrected chi connectivity index (χ1v) is 11.4. The summed E-state index contributed by atoms with van der Waals surface area (Å²) in [5, 5.41) is 11.8. The highest BCUT2D eigenvalue weighted by Crippen LogP contribution is 2.45. The van der Waals surface area contributed by atoms with E-state index in [9.17, 15) is 14.0 Å². The van der Waals surface area contributed by atoms with Crippen LogP contribution in [0.15, 0.2) is 58.7 Å². The van der Waals surface area contributed by atoms with E-state index < -0.39 is 18.4 Å². The van der Waals surface area contributed by atoms with Crippen molar-refractivity contribution in [3.05, 3.63) is 82.6 Å². The number of hydrogen-bond donors (Lipinski definition) is 2. The number of rotatable bonds is 10. The van der Waals surface area contributed by atoms with Gasteiger partial charge in [-0.2, -0.15) is 0 Å². The summed E-state index contributed by atoms with van der Waals surface area (Å²) in [6.45, 7) is 1.59. The van der Waals surface area contributed by atoms with E-state index in [1.807, 2.05) is 13.0 Å². The number of allylic oxidation sites excluding steroid dienone is 2. The van der Waals surface area contributed by atoms with Crippen LogP contribution in [0.4, 0.5) is 4.39 Å². The molecule has 4 rings (SSSR count). The fourth-order valence-corrected chi connectivity index (χ4v) is 4.23. The Morgan fingerprint density at radius 3 is 2.43 bits per heavy atom. The molecule has 0 spiro atoms. The molecule has 37 heavy (non-hydrogen) atoms. The van der Waals surface area contributed by atoms with Crippen molar-refractivity contribution in [1.82, 2.24) is 5.32 Å². The van der Waals surface area contributed by atoms with Gasteiger partial charge >= 0.3 is 5.97 Å². The molecule has 1 aliphatic carbocycles. The van der Waals surface area contributed by atoms with E-state index in [-0.39, 0.29) is 24.6 Å². The third-order valence-corrected chi connectivity index (χ3v) is 5.96. The Balaban J connectivity index is 1.69. The van der Waals surface area contributed by atoms with Crippen molar-refractivity contribution >= 4 is 29.1 Å². The van der Waals surface area contributed by atoms with Gasteiger partial charge in [0.2, 0.25) is 11.7 Å². The number of aliphatic carboxylic acids is 1. The van der Waals surface area contributed by atoms with Gasteiger partial charge in [0.05, 0.1) is 33.4 Å². The molecule has 192 valence electrons. The molecule has 1 aliphatic rings. The first-order valence-electron chi connectivity index (χ1n) is 11.4. The quantitative estimate of drug-likeness (QED) is 0.401.